The minimum atomic E-state index is -0.113. The van der Waals surface area contributed by atoms with E-state index in [1.54, 1.807) is 4.90 Å². The number of H-pyrrole nitrogens is 1. The van der Waals surface area contributed by atoms with E-state index in [2.05, 4.69) is 10.3 Å². The van der Waals surface area contributed by atoms with Gasteiger partial charge in [0, 0.05) is 30.5 Å². The third kappa shape index (κ3) is 3.09. The normalized spacial score (nSPS) is 17.9. The molecule has 1 aliphatic heterocycles. The average Bonchev–Trinajstić information content (AvgIpc) is 3.18. The van der Waals surface area contributed by atoms with Crippen LogP contribution in [-0.4, -0.2) is 47.2 Å². The minimum absolute atomic E-state index is 0.0220. The van der Waals surface area contributed by atoms with Crippen LogP contribution in [0.25, 0.3) is 10.9 Å². The summed E-state index contributed by atoms with van der Waals surface area (Å²) in [5.41, 5.74) is 1.51. The molecule has 0 radical (unpaired) electrons. The fraction of sp³-hybridized carbons (Fsp3) is 0.375. The number of rotatable bonds is 4. The van der Waals surface area contributed by atoms with E-state index in [4.69, 9.17) is 11.6 Å². The van der Waals surface area contributed by atoms with E-state index in [1.807, 2.05) is 30.3 Å². The van der Waals surface area contributed by atoms with Crippen molar-refractivity contribution in [2.24, 2.45) is 5.92 Å². The molecule has 1 aliphatic rings. The highest BCUT2D eigenvalue weighted by Crippen LogP contribution is 2.17. The number of hydrogen-bond donors (Lipinski definition) is 2. The summed E-state index contributed by atoms with van der Waals surface area (Å²) in [6.07, 6.45) is 0.898. The van der Waals surface area contributed by atoms with E-state index >= 15 is 0 Å². The molecular formula is C16H18ClN3O2. The van der Waals surface area contributed by atoms with Gasteiger partial charge in [-0.05, 0) is 24.5 Å². The lowest BCUT2D eigenvalue weighted by Crippen LogP contribution is -2.33. The van der Waals surface area contributed by atoms with Crippen molar-refractivity contribution in [3.8, 4) is 0 Å². The van der Waals surface area contributed by atoms with Gasteiger partial charge in [0.15, 0.2) is 0 Å². The number of aromatic amines is 1. The van der Waals surface area contributed by atoms with Crippen LogP contribution in [0.3, 0.4) is 0 Å². The molecular weight excluding hydrogens is 302 g/mol. The summed E-state index contributed by atoms with van der Waals surface area (Å²) in [5.74, 6) is 0.165. The number of hydrogen-bond acceptors (Lipinski definition) is 2. The number of carbonyl (C=O) groups is 2. The number of amides is 2. The quantitative estimate of drug-likeness (QED) is 0.846. The molecule has 1 aromatic carbocycles. The zero-order valence-corrected chi connectivity index (χ0v) is 12.9. The number of para-hydroxylation sites is 1. The van der Waals surface area contributed by atoms with Crippen LogP contribution >= 0.6 is 11.6 Å². The Kier molecular flexibility index (Phi) is 4.34. The molecule has 2 amide bonds. The molecule has 1 aromatic heterocycles. The van der Waals surface area contributed by atoms with Crippen LogP contribution in [0.1, 0.15) is 16.9 Å². The Balaban J connectivity index is 1.55. The highest BCUT2D eigenvalue weighted by atomic mass is 35.5. The zero-order chi connectivity index (χ0) is 15.5. The zero-order valence-electron chi connectivity index (χ0n) is 12.1. The fourth-order valence-electron chi connectivity index (χ4n) is 2.84. The van der Waals surface area contributed by atoms with Gasteiger partial charge in [0.1, 0.15) is 11.6 Å². The largest absolute Gasteiger partial charge is 0.351 e. The summed E-state index contributed by atoms with van der Waals surface area (Å²) in [6, 6.07) is 9.64. The predicted molar refractivity (Wildman–Crippen MR) is 86.0 cm³/mol. The maximum Gasteiger partial charge on any atom is 0.267 e. The van der Waals surface area contributed by atoms with Crippen LogP contribution < -0.4 is 5.32 Å². The van der Waals surface area contributed by atoms with Crippen molar-refractivity contribution in [3.05, 3.63) is 36.0 Å². The molecule has 0 bridgehead atoms. The number of benzene rings is 1. The van der Waals surface area contributed by atoms with E-state index < -0.39 is 0 Å². The molecule has 0 aliphatic carbocycles. The molecule has 2 aromatic rings. The van der Waals surface area contributed by atoms with E-state index in [-0.39, 0.29) is 17.7 Å². The molecule has 1 saturated heterocycles. The van der Waals surface area contributed by atoms with Gasteiger partial charge in [0.05, 0.1) is 0 Å². The van der Waals surface area contributed by atoms with Crippen molar-refractivity contribution in [2.75, 3.05) is 25.5 Å². The van der Waals surface area contributed by atoms with Gasteiger partial charge in [-0.15, -0.1) is 11.6 Å². The second-order valence-corrected chi connectivity index (χ2v) is 5.88. The van der Waals surface area contributed by atoms with Gasteiger partial charge in [-0.2, -0.15) is 0 Å². The summed E-state index contributed by atoms with van der Waals surface area (Å²) in [7, 11) is 0. The summed E-state index contributed by atoms with van der Waals surface area (Å²) >= 11 is 5.56. The first-order chi connectivity index (χ1) is 10.7. The van der Waals surface area contributed by atoms with Crippen LogP contribution in [0.2, 0.25) is 0 Å². The SMILES string of the molecule is O=C(NCC1CCN(C(=O)CCl)C1)c1cc2ccccc2[nH]1. The smallest absolute Gasteiger partial charge is 0.267 e. The Hall–Kier alpha value is -2.01. The first kappa shape index (κ1) is 14.9. The molecule has 5 nitrogen and oxygen atoms in total. The summed E-state index contributed by atoms with van der Waals surface area (Å²) in [5, 5.41) is 3.96. The molecule has 0 spiro atoms. The van der Waals surface area contributed by atoms with Crippen molar-refractivity contribution in [3.63, 3.8) is 0 Å². The molecule has 6 heteroatoms. The molecule has 1 atom stereocenters. The van der Waals surface area contributed by atoms with Crippen LogP contribution in [0, 0.1) is 5.92 Å². The van der Waals surface area contributed by atoms with E-state index in [0.29, 0.717) is 24.7 Å². The molecule has 2 N–H and O–H groups in total. The Labute approximate surface area is 133 Å². The minimum Gasteiger partial charge on any atom is -0.351 e. The van der Waals surface area contributed by atoms with Crippen LogP contribution in [-0.2, 0) is 4.79 Å². The number of halogens is 1. The van der Waals surface area contributed by atoms with Crippen molar-refractivity contribution < 1.29 is 9.59 Å². The second-order valence-electron chi connectivity index (χ2n) is 5.61. The molecule has 1 unspecified atom stereocenters. The third-order valence-electron chi connectivity index (χ3n) is 4.08. The highest BCUT2D eigenvalue weighted by molar-refractivity contribution is 6.27. The van der Waals surface area contributed by atoms with Gasteiger partial charge >= 0.3 is 0 Å². The Morgan fingerprint density at radius 2 is 2.18 bits per heavy atom. The number of fused-ring (bicyclic) bond motifs is 1. The van der Waals surface area contributed by atoms with Crippen molar-refractivity contribution in [2.45, 2.75) is 6.42 Å². The maximum atomic E-state index is 12.2. The molecule has 22 heavy (non-hydrogen) atoms. The molecule has 116 valence electrons. The van der Waals surface area contributed by atoms with E-state index in [1.165, 1.54) is 0 Å². The Morgan fingerprint density at radius 1 is 1.36 bits per heavy atom. The lowest BCUT2D eigenvalue weighted by molar-refractivity contribution is -0.127. The fourth-order valence-corrected chi connectivity index (χ4v) is 3.01. The van der Waals surface area contributed by atoms with Crippen molar-refractivity contribution in [1.82, 2.24) is 15.2 Å². The molecule has 3 rings (SSSR count). The summed E-state index contributed by atoms with van der Waals surface area (Å²) in [6.45, 7) is 1.96. The number of aromatic nitrogens is 1. The Morgan fingerprint density at radius 3 is 2.95 bits per heavy atom. The number of alkyl halides is 1. The van der Waals surface area contributed by atoms with Crippen molar-refractivity contribution in [1.29, 1.82) is 0 Å². The van der Waals surface area contributed by atoms with E-state index in [9.17, 15) is 9.59 Å². The number of nitrogens with one attached hydrogen (secondary N) is 2. The first-order valence-electron chi connectivity index (χ1n) is 7.37. The van der Waals surface area contributed by atoms with Gasteiger partial charge in [-0.25, -0.2) is 0 Å². The molecule has 1 fully saturated rings. The van der Waals surface area contributed by atoms with E-state index in [0.717, 1.165) is 23.9 Å². The lowest BCUT2D eigenvalue weighted by atomic mass is 10.1. The monoisotopic (exact) mass is 319 g/mol. The van der Waals surface area contributed by atoms with Gasteiger partial charge < -0.3 is 15.2 Å². The molecule has 2 heterocycles. The first-order valence-corrected chi connectivity index (χ1v) is 7.90. The van der Waals surface area contributed by atoms with Gasteiger partial charge in [-0.1, -0.05) is 18.2 Å². The van der Waals surface area contributed by atoms with Gasteiger partial charge in [0.25, 0.3) is 5.91 Å². The second kappa shape index (κ2) is 6.40. The highest BCUT2D eigenvalue weighted by Gasteiger charge is 2.26. The topological polar surface area (TPSA) is 65.2 Å². The predicted octanol–water partition coefficient (Wildman–Crippen LogP) is 1.98. The number of likely N-dealkylation sites (tertiary alicyclic amines) is 1. The van der Waals surface area contributed by atoms with Crippen LogP contribution in [0.4, 0.5) is 0 Å². The summed E-state index contributed by atoms with van der Waals surface area (Å²) < 4.78 is 0. The average molecular weight is 320 g/mol. The molecule has 0 saturated carbocycles. The Bertz CT molecular complexity index is 665. The summed E-state index contributed by atoms with van der Waals surface area (Å²) in [4.78, 5) is 28.6. The van der Waals surface area contributed by atoms with Gasteiger partial charge in [-0.3, -0.25) is 9.59 Å². The van der Waals surface area contributed by atoms with Crippen molar-refractivity contribution >= 4 is 34.3 Å². The standard InChI is InChI=1S/C16H18ClN3O2/c17-8-15(21)20-6-5-11(10-20)9-18-16(22)14-7-12-3-1-2-4-13(12)19-14/h1-4,7,11,19H,5-6,8-10H2,(H,18,22). The van der Waals surface area contributed by atoms with Crippen LogP contribution in [0.15, 0.2) is 30.3 Å². The number of nitrogens with zero attached hydrogens (tertiary/aromatic N) is 1. The lowest BCUT2D eigenvalue weighted by Gasteiger charge is -2.15. The third-order valence-corrected chi connectivity index (χ3v) is 4.31. The maximum absolute atomic E-state index is 12.2. The number of carbonyl (C=O) groups excluding carboxylic acids is 2. The van der Waals surface area contributed by atoms with Gasteiger partial charge in [0.2, 0.25) is 5.91 Å². The van der Waals surface area contributed by atoms with Crippen LogP contribution in [0.5, 0.6) is 0 Å².